The first-order valence-electron chi connectivity index (χ1n) is 5.81. The Morgan fingerprint density at radius 1 is 1.32 bits per heavy atom. The van der Waals surface area contributed by atoms with Gasteiger partial charge in [0.15, 0.2) is 0 Å². The summed E-state index contributed by atoms with van der Waals surface area (Å²) in [7, 11) is 1.74. The zero-order chi connectivity index (χ0) is 13.8. The van der Waals surface area contributed by atoms with E-state index in [-0.39, 0.29) is 5.91 Å². The molecule has 1 aromatic carbocycles. The van der Waals surface area contributed by atoms with Crippen molar-refractivity contribution in [2.75, 3.05) is 17.7 Å². The van der Waals surface area contributed by atoms with Gasteiger partial charge in [0, 0.05) is 23.4 Å². The Bertz CT molecular complexity index is 593. The van der Waals surface area contributed by atoms with Gasteiger partial charge in [0.25, 0.3) is 5.91 Å². The molecule has 0 radical (unpaired) electrons. The molecule has 0 fully saturated rings. The van der Waals surface area contributed by atoms with E-state index in [0.717, 1.165) is 15.7 Å². The van der Waals surface area contributed by atoms with E-state index < -0.39 is 0 Å². The molecule has 98 valence electrons. The number of rotatable bonds is 3. The highest BCUT2D eigenvalue weighted by Crippen LogP contribution is 2.20. The summed E-state index contributed by atoms with van der Waals surface area (Å²) in [4.78, 5) is 16.3. The van der Waals surface area contributed by atoms with E-state index >= 15 is 0 Å². The van der Waals surface area contributed by atoms with Crippen molar-refractivity contribution in [1.82, 2.24) is 4.98 Å². The first-order chi connectivity index (χ1) is 9.10. The van der Waals surface area contributed by atoms with Gasteiger partial charge in [-0.25, -0.2) is 4.98 Å². The lowest BCUT2D eigenvalue weighted by Crippen LogP contribution is -2.14. The summed E-state index contributed by atoms with van der Waals surface area (Å²) in [5, 5.41) is 5.77. The fourth-order valence-electron chi connectivity index (χ4n) is 1.79. The smallest absolute Gasteiger partial charge is 0.259 e. The number of carbonyl (C=O) groups is 1. The van der Waals surface area contributed by atoms with Crippen LogP contribution in [0.3, 0.4) is 0 Å². The number of nitrogens with zero attached hydrogens (tertiary/aromatic N) is 1. The van der Waals surface area contributed by atoms with Crippen LogP contribution in [0.4, 0.5) is 11.5 Å². The number of aryl methyl sites for hydroxylation is 1. The minimum Gasteiger partial charge on any atom is -0.372 e. The number of anilines is 2. The maximum atomic E-state index is 12.2. The van der Waals surface area contributed by atoms with Crippen molar-refractivity contribution in [2.45, 2.75) is 6.92 Å². The number of benzene rings is 1. The van der Waals surface area contributed by atoms with Crippen LogP contribution in [-0.4, -0.2) is 17.9 Å². The molecule has 4 nitrogen and oxygen atoms in total. The van der Waals surface area contributed by atoms with Gasteiger partial charge in [-0.2, -0.15) is 0 Å². The quantitative estimate of drug-likeness (QED) is 0.911. The van der Waals surface area contributed by atoms with Crippen molar-refractivity contribution in [2.24, 2.45) is 0 Å². The Labute approximate surface area is 120 Å². The second-order valence-electron chi connectivity index (χ2n) is 4.12. The molecule has 0 aliphatic rings. The van der Waals surface area contributed by atoms with Crippen molar-refractivity contribution in [3.63, 3.8) is 0 Å². The van der Waals surface area contributed by atoms with E-state index in [2.05, 4.69) is 31.5 Å². The molecule has 2 rings (SSSR count). The van der Waals surface area contributed by atoms with Gasteiger partial charge in [-0.05, 0) is 42.8 Å². The minimum absolute atomic E-state index is 0.185. The number of nitrogens with one attached hydrogen (secondary N) is 2. The van der Waals surface area contributed by atoms with Gasteiger partial charge in [-0.15, -0.1) is 0 Å². The third-order valence-electron chi connectivity index (χ3n) is 2.59. The van der Waals surface area contributed by atoms with Crippen LogP contribution in [0.2, 0.25) is 0 Å². The number of carbonyl (C=O) groups excluding carboxylic acids is 1. The van der Waals surface area contributed by atoms with Crippen LogP contribution in [0.5, 0.6) is 0 Å². The number of hydrogen-bond donors (Lipinski definition) is 2. The van der Waals surface area contributed by atoms with E-state index in [4.69, 9.17) is 0 Å². The van der Waals surface area contributed by atoms with E-state index in [1.807, 2.05) is 25.1 Å². The summed E-state index contributed by atoms with van der Waals surface area (Å²) in [6, 6.07) is 9.23. The molecule has 1 aromatic heterocycles. The molecule has 0 saturated heterocycles. The maximum Gasteiger partial charge on any atom is 0.259 e. The lowest BCUT2D eigenvalue weighted by Gasteiger charge is -2.09. The topological polar surface area (TPSA) is 54.0 Å². The third kappa shape index (κ3) is 3.32. The molecular weight excluding hydrogens is 306 g/mol. The molecular formula is C14H14BrN3O. The molecule has 0 bridgehead atoms. The standard InChI is InChI=1S/C14H14BrN3O/c1-9-6-10(15)8-11(7-9)18-14(19)12-4-3-5-17-13(12)16-2/h3-8H,1-2H3,(H,16,17)(H,18,19). The van der Waals surface area contributed by atoms with Gasteiger partial charge in [0.1, 0.15) is 5.82 Å². The van der Waals surface area contributed by atoms with Crippen molar-refractivity contribution in [3.8, 4) is 0 Å². The highest BCUT2D eigenvalue weighted by atomic mass is 79.9. The Morgan fingerprint density at radius 3 is 2.79 bits per heavy atom. The normalized spacial score (nSPS) is 10.1. The zero-order valence-electron chi connectivity index (χ0n) is 10.7. The lowest BCUT2D eigenvalue weighted by atomic mass is 10.2. The first-order valence-corrected chi connectivity index (χ1v) is 6.61. The Morgan fingerprint density at radius 2 is 2.11 bits per heavy atom. The highest BCUT2D eigenvalue weighted by molar-refractivity contribution is 9.10. The van der Waals surface area contributed by atoms with Crippen LogP contribution in [0.1, 0.15) is 15.9 Å². The minimum atomic E-state index is -0.185. The molecule has 5 heteroatoms. The number of aromatic nitrogens is 1. The van der Waals surface area contributed by atoms with Gasteiger partial charge in [-0.3, -0.25) is 4.79 Å². The Balaban J connectivity index is 2.25. The summed E-state index contributed by atoms with van der Waals surface area (Å²) >= 11 is 3.41. The highest BCUT2D eigenvalue weighted by Gasteiger charge is 2.11. The molecule has 0 aliphatic heterocycles. The van der Waals surface area contributed by atoms with Crippen LogP contribution < -0.4 is 10.6 Å². The predicted molar refractivity (Wildman–Crippen MR) is 80.6 cm³/mol. The van der Waals surface area contributed by atoms with Crippen LogP contribution in [0.25, 0.3) is 0 Å². The van der Waals surface area contributed by atoms with Crippen LogP contribution >= 0.6 is 15.9 Å². The van der Waals surface area contributed by atoms with Gasteiger partial charge >= 0.3 is 0 Å². The largest absolute Gasteiger partial charge is 0.372 e. The SMILES string of the molecule is CNc1ncccc1C(=O)Nc1cc(C)cc(Br)c1. The summed E-state index contributed by atoms with van der Waals surface area (Å²) < 4.78 is 0.933. The predicted octanol–water partition coefficient (Wildman–Crippen LogP) is 3.45. The fraction of sp³-hybridized carbons (Fsp3) is 0.143. The Kier molecular flexibility index (Phi) is 4.16. The zero-order valence-corrected chi connectivity index (χ0v) is 12.3. The molecule has 19 heavy (non-hydrogen) atoms. The monoisotopic (exact) mass is 319 g/mol. The molecule has 0 atom stereocenters. The summed E-state index contributed by atoms with van der Waals surface area (Å²) in [6.45, 7) is 1.98. The van der Waals surface area contributed by atoms with Crippen LogP contribution in [0, 0.1) is 6.92 Å². The van der Waals surface area contributed by atoms with E-state index in [1.165, 1.54) is 0 Å². The summed E-state index contributed by atoms with van der Waals surface area (Å²) in [6.07, 6.45) is 1.64. The molecule has 2 N–H and O–H groups in total. The lowest BCUT2D eigenvalue weighted by molar-refractivity contribution is 0.102. The molecule has 0 saturated carbocycles. The van der Waals surface area contributed by atoms with Gasteiger partial charge in [0.05, 0.1) is 5.56 Å². The third-order valence-corrected chi connectivity index (χ3v) is 3.05. The average Bonchev–Trinajstić information content (AvgIpc) is 2.37. The van der Waals surface area contributed by atoms with Crippen LogP contribution in [-0.2, 0) is 0 Å². The van der Waals surface area contributed by atoms with Crippen molar-refractivity contribution in [1.29, 1.82) is 0 Å². The van der Waals surface area contributed by atoms with Gasteiger partial charge < -0.3 is 10.6 Å². The van der Waals surface area contributed by atoms with Crippen molar-refractivity contribution < 1.29 is 4.79 Å². The summed E-state index contributed by atoms with van der Waals surface area (Å²) in [5.74, 6) is 0.377. The molecule has 0 spiro atoms. The maximum absolute atomic E-state index is 12.2. The van der Waals surface area contributed by atoms with E-state index in [1.54, 1.807) is 25.4 Å². The van der Waals surface area contributed by atoms with E-state index in [9.17, 15) is 4.79 Å². The summed E-state index contributed by atoms with van der Waals surface area (Å²) in [5.41, 5.74) is 2.34. The number of hydrogen-bond acceptors (Lipinski definition) is 3. The average molecular weight is 320 g/mol. The Hall–Kier alpha value is -1.88. The molecule has 1 heterocycles. The molecule has 1 amide bonds. The van der Waals surface area contributed by atoms with Gasteiger partial charge in [0.2, 0.25) is 0 Å². The van der Waals surface area contributed by atoms with Crippen molar-refractivity contribution in [3.05, 3.63) is 52.1 Å². The fourth-order valence-corrected chi connectivity index (χ4v) is 2.40. The molecule has 0 unspecified atom stereocenters. The van der Waals surface area contributed by atoms with Gasteiger partial charge in [-0.1, -0.05) is 15.9 Å². The molecule has 2 aromatic rings. The second-order valence-corrected chi connectivity index (χ2v) is 5.04. The number of halogens is 1. The molecule has 0 aliphatic carbocycles. The van der Waals surface area contributed by atoms with Crippen molar-refractivity contribution >= 4 is 33.3 Å². The van der Waals surface area contributed by atoms with E-state index in [0.29, 0.717) is 11.4 Å². The second kappa shape index (κ2) is 5.84. The number of amides is 1. The number of pyridine rings is 1. The van der Waals surface area contributed by atoms with Crippen LogP contribution in [0.15, 0.2) is 41.0 Å². The first kappa shape index (κ1) is 13.5.